The van der Waals surface area contributed by atoms with Gasteiger partial charge in [-0.1, -0.05) is 18.2 Å². The van der Waals surface area contributed by atoms with Crippen LogP contribution in [0.4, 0.5) is 0 Å². The van der Waals surface area contributed by atoms with Gasteiger partial charge in [-0.05, 0) is 26.8 Å². The first-order valence-electron chi connectivity index (χ1n) is 6.63. The third kappa shape index (κ3) is 3.93. The van der Waals surface area contributed by atoms with Crippen molar-refractivity contribution in [3.05, 3.63) is 29.8 Å². The molecule has 1 aromatic carbocycles. The van der Waals surface area contributed by atoms with Crippen LogP contribution in [0.25, 0.3) is 0 Å². The molecule has 2 unspecified atom stereocenters. The highest BCUT2D eigenvalue weighted by Crippen LogP contribution is 2.32. The van der Waals surface area contributed by atoms with Crippen LogP contribution in [-0.2, 0) is 9.47 Å². The van der Waals surface area contributed by atoms with Crippen molar-refractivity contribution in [2.75, 3.05) is 19.8 Å². The first kappa shape index (κ1) is 14.3. The molecule has 0 saturated heterocycles. The average Bonchev–Trinajstić information content (AvgIpc) is 2.36. The number of para-hydroxylation sites is 1. The monoisotopic (exact) mass is 266 g/mol. The van der Waals surface area contributed by atoms with Gasteiger partial charge in [0.1, 0.15) is 24.6 Å². The van der Waals surface area contributed by atoms with E-state index in [9.17, 15) is 5.11 Å². The molecule has 0 bridgehead atoms. The Morgan fingerprint density at radius 3 is 2.74 bits per heavy atom. The summed E-state index contributed by atoms with van der Waals surface area (Å²) in [7, 11) is 0. The summed E-state index contributed by atoms with van der Waals surface area (Å²) in [6.07, 6.45) is -0.974. The molecule has 2 rings (SSSR count). The minimum absolute atomic E-state index is 0.169. The number of aliphatic hydroxyl groups is 1. The largest absolute Gasteiger partial charge is 0.490 e. The van der Waals surface area contributed by atoms with Gasteiger partial charge in [-0.3, -0.25) is 0 Å². The molecule has 1 aliphatic rings. The number of hydrogen-bond donors (Lipinski definition) is 1. The minimum Gasteiger partial charge on any atom is -0.490 e. The fraction of sp³-hybridized carbons (Fsp3) is 0.600. The maximum atomic E-state index is 10.2. The van der Waals surface area contributed by atoms with E-state index in [-0.39, 0.29) is 11.7 Å². The van der Waals surface area contributed by atoms with E-state index < -0.39 is 6.10 Å². The number of hydrogen-bond acceptors (Lipinski definition) is 4. The summed E-state index contributed by atoms with van der Waals surface area (Å²) >= 11 is 0. The summed E-state index contributed by atoms with van der Waals surface area (Å²) in [5.74, 6) is 0.737. The van der Waals surface area contributed by atoms with Crippen molar-refractivity contribution in [2.24, 2.45) is 0 Å². The maximum absolute atomic E-state index is 10.2. The number of rotatable bonds is 4. The molecule has 4 nitrogen and oxygen atoms in total. The van der Waals surface area contributed by atoms with Gasteiger partial charge in [-0.15, -0.1) is 0 Å². The molecule has 0 spiro atoms. The summed E-state index contributed by atoms with van der Waals surface area (Å²) in [5.41, 5.74) is 0.618. The minimum atomic E-state index is -0.639. The smallest absolute Gasteiger partial charge is 0.125 e. The molecule has 1 aromatic rings. The zero-order valence-corrected chi connectivity index (χ0v) is 11.8. The van der Waals surface area contributed by atoms with Crippen molar-refractivity contribution >= 4 is 0 Å². The van der Waals surface area contributed by atoms with Gasteiger partial charge in [0.25, 0.3) is 0 Å². The standard InChI is InChI=1S/C15H22O4/c1-15(2,3)19-9-8-17-13-10-18-12-7-5-4-6-11(12)14(13)16/h4-7,13-14,16H,8-10H2,1-3H3. The zero-order valence-electron chi connectivity index (χ0n) is 11.8. The predicted octanol–water partition coefficient (Wildman–Crippen LogP) is 2.31. The Kier molecular flexibility index (Phi) is 4.45. The van der Waals surface area contributed by atoms with Crippen LogP contribution in [-0.4, -0.2) is 36.6 Å². The molecule has 4 heteroatoms. The highest BCUT2D eigenvalue weighted by atomic mass is 16.6. The van der Waals surface area contributed by atoms with Crippen molar-refractivity contribution in [1.29, 1.82) is 0 Å². The van der Waals surface area contributed by atoms with E-state index in [4.69, 9.17) is 14.2 Å². The van der Waals surface area contributed by atoms with Crippen molar-refractivity contribution in [2.45, 2.75) is 38.6 Å². The average molecular weight is 266 g/mol. The molecule has 0 fully saturated rings. The van der Waals surface area contributed by atoms with E-state index in [0.29, 0.717) is 19.8 Å². The van der Waals surface area contributed by atoms with Gasteiger partial charge in [0.15, 0.2) is 0 Å². The Labute approximate surface area is 114 Å². The Hall–Kier alpha value is -1.10. The Bertz CT molecular complexity index is 411. The van der Waals surface area contributed by atoms with Gasteiger partial charge in [0.2, 0.25) is 0 Å². The van der Waals surface area contributed by atoms with Crippen LogP contribution in [0.15, 0.2) is 24.3 Å². The molecule has 2 atom stereocenters. The molecule has 1 heterocycles. The van der Waals surface area contributed by atoms with Crippen LogP contribution in [0, 0.1) is 0 Å². The lowest BCUT2D eigenvalue weighted by Crippen LogP contribution is -2.34. The van der Waals surface area contributed by atoms with Crippen LogP contribution in [0.1, 0.15) is 32.4 Å². The van der Waals surface area contributed by atoms with Crippen molar-refractivity contribution in [1.82, 2.24) is 0 Å². The lowest BCUT2D eigenvalue weighted by Gasteiger charge is -2.30. The lowest BCUT2D eigenvalue weighted by atomic mass is 10.0. The molecule has 0 aromatic heterocycles. The Morgan fingerprint density at radius 1 is 1.26 bits per heavy atom. The molecule has 1 N–H and O–H groups in total. The molecular weight excluding hydrogens is 244 g/mol. The van der Waals surface area contributed by atoms with Gasteiger partial charge in [-0.2, -0.15) is 0 Å². The molecule has 106 valence electrons. The molecule has 0 saturated carbocycles. The summed E-state index contributed by atoms with van der Waals surface area (Å²) in [6.45, 7) is 7.33. The number of ether oxygens (including phenoxy) is 3. The van der Waals surface area contributed by atoms with E-state index in [0.717, 1.165) is 11.3 Å². The van der Waals surface area contributed by atoms with Gasteiger partial charge < -0.3 is 19.3 Å². The van der Waals surface area contributed by atoms with Crippen LogP contribution >= 0.6 is 0 Å². The first-order valence-corrected chi connectivity index (χ1v) is 6.63. The highest BCUT2D eigenvalue weighted by molar-refractivity contribution is 5.37. The molecular formula is C15H22O4. The molecule has 19 heavy (non-hydrogen) atoms. The second-order valence-electron chi connectivity index (χ2n) is 5.66. The van der Waals surface area contributed by atoms with Crippen LogP contribution in [0.5, 0.6) is 5.75 Å². The second kappa shape index (κ2) is 5.90. The van der Waals surface area contributed by atoms with E-state index in [1.54, 1.807) is 0 Å². The van der Waals surface area contributed by atoms with Gasteiger partial charge in [0.05, 0.1) is 18.8 Å². The first-order chi connectivity index (χ1) is 8.97. The summed E-state index contributed by atoms with van der Waals surface area (Å²) in [4.78, 5) is 0. The van der Waals surface area contributed by atoms with Crippen LogP contribution in [0.3, 0.4) is 0 Å². The zero-order chi connectivity index (χ0) is 13.9. The molecule has 0 amide bonds. The van der Waals surface area contributed by atoms with Gasteiger partial charge in [-0.25, -0.2) is 0 Å². The Balaban J connectivity index is 1.84. The SMILES string of the molecule is CC(C)(C)OCCOC1COc2ccccc2C1O. The Morgan fingerprint density at radius 2 is 2.00 bits per heavy atom. The van der Waals surface area contributed by atoms with Gasteiger partial charge >= 0.3 is 0 Å². The third-order valence-corrected chi connectivity index (χ3v) is 2.94. The van der Waals surface area contributed by atoms with Crippen molar-refractivity contribution in [3.8, 4) is 5.75 Å². The highest BCUT2D eigenvalue weighted by Gasteiger charge is 2.29. The molecule has 1 aliphatic heterocycles. The fourth-order valence-electron chi connectivity index (χ4n) is 2.01. The number of benzene rings is 1. The predicted molar refractivity (Wildman–Crippen MR) is 72.3 cm³/mol. The molecule has 0 aliphatic carbocycles. The van der Waals surface area contributed by atoms with E-state index >= 15 is 0 Å². The van der Waals surface area contributed by atoms with Gasteiger partial charge in [0, 0.05) is 5.56 Å². The van der Waals surface area contributed by atoms with Crippen molar-refractivity contribution in [3.63, 3.8) is 0 Å². The summed E-state index contributed by atoms with van der Waals surface area (Å²) in [5, 5.41) is 10.2. The van der Waals surface area contributed by atoms with E-state index in [1.807, 2.05) is 45.0 Å². The summed E-state index contributed by atoms with van der Waals surface area (Å²) < 4.78 is 16.8. The molecule has 0 radical (unpaired) electrons. The van der Waals surface area contributed by atoms with Crippen LogP contribution < -0.4 is 4.74 Å². The van der Waals surface area contributed by atoms with Crippen molar-refractivity contribution < 1.29 is 19.3 Å². The van der Waals surface area contributed by atoms with Crippen LogP contribution in [0.2, 0.25) is 0 Å². The maximum Gasteiger partial charge on any atom is 0.125 e. The topological polar surface area (TPSA) is 47.9 Å². The normalized spacial score (nSPS) is 22.7. The fourth-order valence-corrected chi connectivity index (χ4v) is 2.01. The van der Waals surface area contributed by atoms with E-state index in [2.05, 4.69) is 0 Å². The second-order valence-corrected chi connectivity index (χ2v) is 5.66. The van der Waals surface area contributed by atoms with E-state index in [1.165, 1.54) is 0 Å². The number of aliphatic hydroxyl groups excluding tert-OH is 1. The summed E-state index contributed by atoms with van der Waals surface area (Å²) in [6, 6.07) is 7.50. The number of fused-ring (bicyclic) bond motifs is 1. The third-order valence-electron chi connectivity index (χ3n) is 2.94. The lowest BCUT2D eigenvalue weighted by molar-refractivity contribution is -0.101. The quantitative estimate of drug-likeness (QED) is 0.850.